The number of nitrogens with zero attached hydrogens (tertiary/aromatic N) is 3. The third kappa shape index (κ3) is 4.08. The van der Waals surface area contributed by atoms with E-state index in [4.69, 9.17) is 5.26 Å². The Morgan fingerprint density at radius 1 is 1.19 bits per heavy atom. The van der Waals surface area contributed by atoms with Gasteiger partial charge in [-0.25, -0.2) is 8.78 Å². The van der Waals surface area contributed by atoms with E-state index in [0.29, 0.717) is 25.2 Å². The molecule has 1 N–H and O–H groups in total. The van der Waals surface area contributed by atoms with Gasteiger partial charge in [-0.15, -0.1) is 0 Å². The number of halogens is 5. The topological polar surface area (TPSA) is 76.4 Å². The Bertz CT molecular complexity index is 934. The normalized spacial score (nSPS) is 29.6. The molecule has 2 aliphatic heterocycles. The molecule has 2 heterocycles. The second-order valence-corrected chi connectivity index (χ2v) is 8.16. The highest BCUT2D eigenvalue weighted by atomic mass is 19.4. The number of nitriles is 1. The van der Waals surface area contributed by atoms with Crippen LogP contribution in [0.3, 0.4) is 0 Å². The summed E-state index contributed by atoms with van der Waals surface area (Å²) < 4.78 is 65.2. The molecule has 6 nitrogen and oxygen atoms in total. The van der Waals surface area contributed by atoms with Crippen LogP contribution < -0.4 is 5.32 Å². The number of carbonyl (C=O) groups excluding carboxylic acids is 2. The lowest BCUT2D eigenvalue weighted by Crippen LogP contribution is -2.43. The van der Waals surface area contributed by atoms with Crippen LogP contribution in [0.1, 0.15) is 22.3 Å². The van der Waals surface area contributed by atoms with E-state index in [-0.39, 0.29) is 48.9 Å². The van der Waals surface area contributed by atoms with E-state index in [2.05, 4.69) is 5.32 Å². The van der Waals surface area contributed by atoms with Gasteiger partial charge in [0.15, 0.2) is 0 Å². The first-order chi connectivity index (χ1) is 14.6. The highest BCUT2D eigenvalue weighted by Crippen LogP contribution is 2.46. The summed E-state index contributed by atoms with van der Waals surface area (Å²) >= 11 is 0. The molecule has 1 aromatic carbocycles. The van der Waals surface area contributed by atoms with Crippen LogP contribution in [0.4, 0.5) is 22.0 Å². The average molecular weight is 442 g/mol. The molecule has 3 fully saturated rings. The Hall–Kier alpha value is -2.74. The van der Waals surface area contributed by atoms with Crippen molar-refractivity contribution in [1.82, 2.24) is 15.1 Å². The average Bonchev–Trinajstić information content (AvgIpc) is 3.04. The number of benzene rings is 1. The van der Waals surface area contributed by atoms with Gasteiger partial charge >= 0.3 is 6.18 Å². The summed E-state index contributed by atoms with van der Waals surface area (Å²) in [4.78, 5) is 27.5. The molecule has 1 aliphatic carbocycles. The van der Waals surface area contributed by atoms with Crippen molar-refractivity contribution in [1.29, 1.82) is 5.26 Å². The molecule has 4 atom stereocenters. The SMILES string of the molecule is N#C[C@@H]1C[C@H](F)CN1C(=O)CNC1C2CN(C(=O)c3ccc(C(F)(F)F)c(F)c3)CC21. The molecule has 1 saturated carbocycles. The van der Waals surface area contributed by atoms with Crippen LogP contribution in [0.2, 0.25) is 0 Å². The van der Waals surface area contributed by atoms with Gasteiger partial charge in [-0.1, -0.05) is 0 Å². The number of carbonyl (C=O) groups is 2. The predicted molar refractivity (Wildman–Crippen MR) is 96.7 cm³/mol. The lowest BCUT2D eigenvalue weighted by molar-refractivity contribution is -0.140. The zero-order chi connectivity index (χ0) is 22.5. The van der Waals surface area contributed by atoms with Crippen LogP contribution >= 0.6 is 0 Å². The molecule has 31 heavy (non-hydrogen) atoms. The summed E-state index contributed by atoms with van der Waals surface area (Å²) in [6.45, 7) is 0.549. The number of rotatable bonds is 4. The van der Waals surface area contributed by atoms with Gasteiger partial charge in [0.25, 0.3) is 5.91 Å². The first-order valence-corrected chi connectivity index (χ1v) is 9.82. The fourth-order valence-electron chi connectivity index (χ4n) is 4.55. The Morgan fingerprint density at radius 3 is 2.45 bits per heavy atom. The number of hydrogen-bond acceptors (Lipinski definition) is 4. The molecule has 11 heteroatoms. The van der Waals surface area contributed by atoms with E-state index in [1.807, 2.05) is 6.07 Å². The maximum atomic E-state index is 13.7. The largest absolute Gasteiger partial charge is 0.419 e. The van der Waals surface area contributed by atoms with Crippen molar-refractivity contribution >= 4 is 11.8 Å². The molecule has 2 unspecified atom stereocenters. The first-order valence-electron chi connectivity index (χ1n) is 9.82. The van der Waals surface area contributed by atoms with Crippen molar-refractivity contribution in [3.05, 3.63) is 35.1 Å². The van der Waals surface area contributed by atoms with Crippen molar-refractivity contribution in [2.75, 3.05) is 26.2 Å². The van der Waals surface area contributed by atoms with Gasteiger partial charge in [-0.05, 0) is 30.0 Å². The summed E-state index contributed by atoms with van der Waals surface area (Å²) in [5.74, 6) is -2.23. The van der Waals surface area contributed by atoms with Crippen molar-refractivity contribution in [2.45, 2.75) is 30.9 Å². The molecular formula is C20H19F5N4O2. The fourth-order valence-corrected chi connectivity index (χ4v) is 4.55. The lowest BCUT2D eigenvalue weighted by atomic mass is 10.1. The summed E-state index contributed by atoms with van der Waals surface area (Å²) in [6.07, 6.45) is -6.02. The number of alkyl halides is 4. The minimum Gasteiger partial charge on any atom is -0.338 e. The third-order valence-electron chi connectivity index (χ3n) is 6.21. The van der Waals surface area contributed by atoms with E-state index in [9.17, 15) is 31.5 Å². The van der Waals surface area contributed by atoms with E-state index in [1.165, 1.54) is 9.80 Å². The highest BCUT2D eigenvalue weighted by Gasteiger charge is 2.56. The molecule has 2 amide bonds. The highest BCUT2D eigenvalue weighted by molar-refractivity contribution is 5.94. The van der Waals surface area contributed by atoms with Gasteiger partial charge in [0.2, 0.25) is 5.91 Å². The van der Waals surface area contributed by atoms with Crippen LogP contribution in [0.15, 0.2) is 18.2 Å². The van der Waals surface area contributed by atoms with Crippen LogP contribution in [0.5, 0.6) is 0 Å². The van der Waals surface area contributed by atoms with Crippen LogP contribution in [0.25, 0.3) is 0 Å². The summed E-state index contributed by atoms with van der Waals surface area (Å²) in [5.41, 5.74) is -1.57. The standard InChI is InChI=1S/C20H19F5N4O2/c21-11-4-12(5-26)29(7-11)17(30)6-27-18-13-8-28(9-14(13)18)19(31)10-1-2-15(16(22)3-10)20(23,24)25/h1-3,11-14,18,27H,4,6-9H2/t11-,12-,13?,14?,18?/m0/s1. The number of amides is 2. The molecule has 2 saturated heterocycles. The van der Waals surface area contributed by atoms with Gasteiger partial charge < -0.3 is 15.1 Å². The maximum Gasteiger partial charge on any atom is 0.419 e. The molecule has 0 bridgehead atoms. The van der Waals surface area contributed by atoms with Crippen molar-refractivity contribution in [3.8, 4) is 6.07 Å². The number of hydrogen-bond donors (Lipinski definition) is 1. The monoisotopic (exact) mass is 442 g/mol. The van der Waals surface area contributed by atoms with Gasteiger partial charge in [0.1, 0.15) is 18.0 Å². The molecule has 0 aromatic heterocycles. The second-order valence-electron chi connectivity index (χ2n) is 8.16. The second kappa shape index (κ2) is 7.75. The van der Waals surface area contributed by atoms with Crippen molar-refractivity contribution < 1.29 is 31.5 Å². The number of fused-ring (bicyclic) bond motifs is 1. The van der Waals surface area contributed by atoms with E-state index < -0.39 is 35.7 Å². The summed E-state index contributed by atoms with van der Waals surface area (Å²) in [7, 11) is 0. The zero-order valence-electron chi connectivity index (χ0n) is 16.2. The molecule has 3 aliphatic rings. The van der Waals surface area contributed by atoms with Gasteiger partial charge in [-0.2, -0.15) is 18.4 Å². The minimum atomic E-state index is -4.83. The molecule has 0 radical (unpaired) electrons. The fraction of sp³-hybridized carbons (Fsp3) is 0.550. The van der Waals surface area contributed by atoms with Crippen LogP contribution in [-0.4, -0.2) is 66.0 Å². The van der Waals surface area contributed by atoms with Gasteiger partial charge in [0, 0.05) is 31.1 Å². The van der Waals surface area contributed by atoms with Gasteiger partial charge in [0.05, 0.1) is 24.7 Å². The Morgan fingerprint density at radius 2 is 1.87 bits per heavy atom. The Labute approximate surface area is 174 Å². The van der Waals surface area contributed by atoms with E-state index in [1.54, 1.807) is 0 Å². The zero-order valence-corrected chi connectivity index (χ0v) is 16.2. The lowest BCUT2D eigenvalue weighted by Gasteiger charge is -2.22. The minimum absolute atomic E-state index is 0.0124. The smallest absolute Gasteiger partial charge is 0.338 e. The first kappa shape index (κ1) is 21.5. The summed E-state index contributed by atoms with van der Waals surface area (Å²) in [5, 5.41) is 12.1. The van der Waals surface area contributed by atoms with Crippen molar-refractivity contribution in [2.24, 2.45) is 11.8 Å². The van der Waals surface area contributed by atoms with Crippen LogP contribution in [0, 0.1) is 29.0 Å². The van der Waals surface area contributed by atoms with Crippen molar-refractivity contribution in [3.63, 3.8) is 0 Å². The Balaban J connectivity index is 1.28. The van der Waals surface area contributed by atoms with E-state index in [0.717, 1.165) is 6.07 Å². The van der Waals surface area contributed by atoms with Crippen LogP contribution in [-0.2, 0) is 11.0 Å². The molecular weight excluding hydrogens is 423 g/mol. The van der Waals surface area contributed by atoms with E-state index >= 15 is 0 Å². The summed E-state index contributed by atoms with van der Waals surface area (Å²) in [6, 6.07) is 3.27. The number of likely N-dealkylation sites (tertiary alicyclic amines) is 2. The quantitative estimate of drug-likeness (QED) is 0.724. The van der Waals surface area contributed by atoms with Gasteiger partial charge in [-0.3, -0.25) is 9.59 Å². The number of piperidine rings is 1. The Kier molecular flexibility index (Phi) is 5.37. The third-order valence-corrected chi connectivity index (χ3v) is 6.21. The predicted octanol–water partition coefficient (Wildman–Crippen LogP) is 1.97. The molecule has 4 rings (SSSR count). The molecule has 0 spiro atoms. The molecule has 1 aromatic rings. The maximum absolute atomic E-state index is 13.7. The number of nitrogens with one attached hydrogen (secondary N) is 1. The molecule has 166 valence electrons.